The third-order valence-electron chi connectivity index (χ3n) is 3.03. The Labute approximate surface area is 111 Å². The van der Waals surface area contributed by atoms with Crippen LogP contribution in [-0.4, -0.2) is 9.97 Å². The number of aryl methyl sites for hydroxylation is 2. The van der Waals surface area contributed by atoms with Gasteiger partial charge in [0.1, 0.15) is 16.3 Å². The molecule has 0 unspecified atom stereocenters. The minimum atomic E-state index is -0.239. The van der Waals surface area contributed by atoms with E-state index in [1.54, 1.807) is 6.07 Å². The Morgan fingerprint density at radius 1 is 1.33 bits per heavy atom. The van der Waals surface area contributed by atoms with Gasteiger partial charge in [0, 0.05) is 16.8 Å². The predicted octanol–water partition coefficient (Wildman–Crippen LogP) is 4.12. The Hall–Kier alpha value is -1.55. The summed E-state index contributed by atoms with van der Waals surface area (Å²) in [4.78, 5) is 7.65. The number of hydrogen-bond donors (Lipinski definition) is 1. The number of benzene rings is 1. The Bertz CT molecular complexity index is 647. The second-order valence-electron chi connectivity index (χ2n) is 4.31. The molecule has 1 N–H and O–H groups in total. The van der Waals surface area contributed by atoms with Crippen molar-refractivity contribution in [3.05, 3.63) is 45.5 Å². The van der Waals surface area contributed by atoms with Gasteiger partial charge in [-0.15, -0.1) is 0 Å². The Kier molecular flexibility index (Phi) is 3.57. The SMILES string of the molecule is CCc1c(C)[nH]c(-c2ccc(F)cc2C)nc1=S. The molecule has 2 rings (SSSR count). The summed E-state index contributed by atoms with van der Waals surface area (Å²) in [5.74, 6) is 0.462. The van der Waals surface area contributed by atoms with Crippen LogP contribution in [0.25, 0.3) is 11.4 Å². The fraction of sp³-hybridized carbons (Fsp3) is 0.286. The third-order valence-corrected chi connectivity index (χ3v) is 3.36. The minimum Gasteiger partial charge on any atom is -0.343 e. The van der Waals surface area contributed by atoms with Crippen LogP contribution in [0.3, 0.4) is 0 Å². The van der Waals surface area contributed by atoms with Crippen LogP contribution in [0.2, 0.25) is 0 Å². The van der Waals surface area contributed by atoms with Crippen molar-refractivity contribution in [1.29, 1.82) is 0 Å². The van der Waals surface area contributed by atoms with Gasteiger partial charge in [-0.05, 0) is 44.0 Å². The van der Waals surface area contributed by atoms with Crippen molar-refractivity contribution in [2.45, 2.75) is 27.2 Å². The molecule has 2 nitrogen and oxygen atoms in total. The van der Waals surface area contributed by atoms with Crippen molar-refractivity contribution in [2.24, 2.45) is 0 Å². The summed E-state index contributed by atoms with van der Waals surface area (Å²) >= 11 is 5.29. The second kappa shape index (κ2) is 4.98. The first kappa shape index (κ1) is 12.9. The molecule has 0 bridgehead atoms. The fourth-order valence-corrected chi connectivity index (χ4v) is 2.44. The van der Waals surface area contributed by atoms with Gasteiger partial charge in [-0.3, -0.25) is 0 Å². The van der Waals surface area contributed by atoms with Crippen molar-refractivity contribution in [2.75, 3.05) is 0 Å². The van der Waals surface area contributed by atoms with Crippen LogP contribution in [0.1, 0.15) is 23.7 Å². The number of rotatable bonds is 2. The third kappa shape index (κ3) is 2.34. The molecule has 0 saturated carbocycles. The average molecular weight is 262 g/mol. The molecular weight excluding hydrogens is 247 g/mol. The number of aromatic nitrogens is 2. The normalized spacial score (nSPS) is 10.7. The quantitative estimate of drug-likeness (QED) is 0.825. The maximum atomic E-state index is 13.1. The molecule has 18 heavy (non-hydrogen) atoms. The molecule has 1 aromatic carbocycles. The summed E-state index contributed by atoms with van der Waals surface area (Å²) in [6.45, 7) is 5.90. The monoisotopic (exact) mass is 262 g/mol. The molecule has 94 valence electrons. The molecule has 1 heterocycles. The zero-order valence-corrected chi connectivity index (χ0v) is 11.5. The molecule has 0 aliphatic carbocycles. The van der Waals surface area contributed by atoms with Gasteiger partial charge in [-0.2, -0.15) is 0 Å². The van der Waals surface area contributed by atoms with Gasteiger partial charge >= 0.3 is 0 Å². The van der Waals surface area contributed by atoms with Crippen LogP contribution in [0.5, 0.6) is 0 Å². The van der Waals surface area contributed by atoms with E-state index in [4.69, 9.17) is 12.2 Å². The van der Waals surface area contributed by atoms with Gasteiger partial charge in [0.05, 0.1) is 0 Å². The molecule has 0 saturated heterocycles. The van der Waals surface area contributed by atoms with Crippen molar-refractivity contribution in [1.82, 2.24) is 9.97 Å². The summed E-state index contributed by atoms with van der Waals surface area (Å²) in [6.07, 6.45) is 0.858. The highest BCUT2D eigenvalue weighted by Gasteiger charge is 2.08. The molecule has 2 aromatic rings. The van der Waals surface area contributed by atoms with Crippen LogP contribution >= 0.6 is 12.2 Å². The highest BCUT2D eigenvalue weighted by Crippen LogP contribution is 2.22. The van der Waals surface area contributed by atoms with Crippen molar-refractivity contribution >= 4 is 12.2 Å². The van der Waals surface area contributed by atoms with Gasteiger partial charge in [0.2, 0.25) is 0 Å². The lowest BCUT2D eigenvalue weighted by Gasteiger charge is -2.09. The van der Waals surface area contributed by atoms with Crippen LogP contribution in [0.4, 0.5) is 4.39 Å². The standard InChI is InChI=1S/C14H15FN2S/c1-4-11-9(3)16-13(17-14(11)18)12-6-5-10(15)7-8(12)2/h5-7H,4H2,1-3H3,(H,16,17,18). The molecule has 1 aromatic heterocycles. The zero-order chi connectivity index (χ0) is 13.3. The van der Waals surface area contributed by atoms with Crippen LogP contribution < -0.4 is 0 Å². The van der Waals surface area contributed by atoms with E-state index >= 15 is 0 Å². The number of aromatic amines is 1. The number of halogens is 1. The topological polar surface area (TPSA) is 28.7 Å². The van der Waals surface area contributed by atoms with Gasteiger partial charge < -0.3 is 4.98 Å². The van der Waals surface area contributed by atoms with Crippen molar-refractivity contribution in [3.8, 4) is 11.4 Å². The Balaban J connectivity index is 2.62. The number of nitrogens with one attached hydrogen (secondary N) is 1. The molecule has 0 atom stereocenters. The van der Waals surface area contributed by atoms with Crippen molar-refractivity contribution in [3.63, 3.8) is 0 Å². The first-order chi connectivity index (χ1) is 8.52. The van der Waals surface area contributed by atoms with Gasteiger partial charge in [-0.25, -0.2) is 9.37 Å². The summed E-state index contributed by atoms with van der Waals surface area (Å²) in [6, 6.07) is 4.66. The fourth-order valence-electron chi connectivity index (χ4n) is 2.05. The second-order valence-corrected chi connectivity index (χ2v) is 4.69. The summed E-state index contributed by atoms with van der Waals surface area (Å²) in [5, 5.41) is 0. The Morgan fingerprint density at radius 3 is 2.61 bits per heavy atom. The number of hydrogen-bond acceptors (Lipinski definition) is 2. The summed E-state index contributed by atoms with van der Waals surface area (Å²) in [7, 11) is 0. The van der Waals surface area contributed by atoms with E-state index in [1.807, 2.05) is 13.8 Å². The van der Waals surface area contributed by atoms with Gasteiger partial charge in [0.25, 0.3) is 0 Å². The lowest BCUT2D eigenvalue weighted by Crippen LogP contribution is -2.00. The highest BCUT2D eigenvalue weighted by atomic mass is 32.1. The molecule has 0 spiro atoms. The molecule has 0 fully saturated rings. The van der Waals surface area contributed by atoms with E-state index in [1.165, 1.54) is 12.1 Å². The number of nitrogens with zero attached hydrogens (tertiary/aromatic N) is 1. The maximum Gasteiger partial charge on any atom is 0.139 e. The molecule has 0 aliphatic rings. The number of H-pyrrole nitrogens is 1. The first-order valence-electron chi connectivity index (χ1n) is 5.89. The van der Waals surface area contributed by atoms with E-state index in [0.29, 0.717) is 10.5 Å². The summed E-state index contributed by atoms with van der Waals surface area (Å²) < 4.78 is 13.7. The van der Waals surface area contributed by atoms with E-state index in [9.17, 15) is 4.39 Å². The lowest BCUT2D eigenvalue weighted by molar-refractivity contribution is 0.627. The molecule has 0 amide bonds. The van der Waals surface area contributed by atoms with Gasteiger partial charge in [0.15, 0.2) is 0 Å². The van der Waals surface area contributed by atoms with Crippen LogP contribution in [0.15, 0.2) is 18.2 Å². The van der Waals surface area contributed by atoms with E-state index in [2.05, 4.69) is 16.9 Å². The van der Waals surface area contributed by atoms with Crippen LogP contribution in [-0.2, 0) is 6.42 Å². The maximum absolute atomic E-state index is 13.1. The molecule has 4 heteroatoms. The van der Waals surface area contributed by atoms with Crippen LogP contribution in [0, 0.1) is 24.3 Å². The smallest absolute Gasteiger partial charge is 0.139 e. The molecule has 0 radical (unpaired) electrons. The molecular formula is C14H15FN2S. The Morgan fingerprint density at radius 2 is 2.06 bits per heavy atom. The lowest BCUT2D eigenvalue weighted by atomic mass is 10.1. The zero-order valence-electron chi connectivity index (χ0n) is 10.7. The average Bonchev–Trinajstić information content (AvgIpc) is 2.28. The van der Waals surface area contributed by atoms with Gasteiger partial charge in [-0.1, -0.05) is 19.1 Å². The highest BCUT2D eigenvalue weighted by molar-refractivity contribution is 7.71. The minimum absolute atomic E-state index is 0.239. The molecule has 0 aliphatic heterocycles. The predicted molar refractivity (Wildman–Crippen MR) is 73.7 cm³/mol. The van der Waals surface area contributed by atoms with Crippen molar-refractivity contribution < 1.29 is 4.39 Å². The first-order valence-corrected chi connectivity index (χ1v) is 6.30. The van der Waals surface area contributed by atoms with E-state index < -0.39 is 0 Å². The van der Waals surface area contributed by atoms with E-state index in [-0.39, 0.29) is 5.82 Å². The largest absolute Gasteiger partial charge is 0.343 e. The van der Waals surface area contributed by atoms with E-state index in [0.717, 1.165) is 28.8 Å². The summed E-state index contributed by atoms with van der Waals surface area (Å²) in [5.41, 5.74) is 3.81.